The Morgan fingerprint density at radius 1 is 0.971 bits per heavy atom. The molecule has 0 radical (unpaired) electrons. The van der Waals surface area contributed by atoms with Gasteiger partial charge in [-0.2, -0.15) is 13.2 Å². The Kier molecular flexibility index (Phi) is 7.99. The summed E-state index contributed by atoms with van der Waals surface area (Å²) in [7, 11) is 0. The van der Waals surface area contributed by atoms with Crippen LogP contribution in [0.5, 0.6) is 0 Å². The number of hydrogen-bond donors (Lipinski definition) is 0. The molecule has 0 aliphatic carbocycles. The molecule has 0 fully saturated rings. The van der Waals surface area contributed by atoms with Crippen molar-refractivity contribution in [2.45, 2.75) is 33.2 Å². The van der Waals surface area contributed by atoms with Crippen LogP contribution in [0.3, 0.4) is 0 Å². The maximum atomic E-state index is 14.1. The zero-order valence-electron chi connectivity index (χ0n) is 18.7. The van der Waals surface area contributed by atoms with Crippen molar-refractivity contribution in [3.8, 4) is 11.1 Å². The lowest BCUT2D eigenvalue weighted by atomic mass is 9.91. The average Bonchev–Trinajstić information content (AvgIpc) is 2.81. The summed E-state index contributed by atoms with van der Waals surface area (Å²) in [5.74, 6) is -1.06. The molecule has 178 valence electrons. The average molecular weight is 490 g/mol. The maximum Gasteiger partial charge on any atom is 0.418 e. The van der Waals surface area contributed by atoms with Crippen LogP contribution in [0.15, 0.2) is 66.7 Å². The lowest BCUT2D eigenvalue weighted by molar-refractivity contribution is -0.145. The molecule has 0 aliphatic heterocycles. The summed E-state index contributed by atoms with van der Waals surface area (Å²) in [6.45, 7) is 2.35. The molecule has 3 aromatic rings. The second-order valence-electron chi connectivity index (χ2n) is 7.57. The summed E-state index contributed by atoms with van der Waals surface area (Å²) in [5, 5.41) is -0.505. The first-order valence-electron chi connectivity index (χ1n) is 10.6. The number of carbonyl (C=O) groups is 2. The molecule has 0 heterocycles. The molecule has 0 bridgehead atoms. The second kappa shape index (κ2) is 10.7. The highest BCUT2D eigenvalue weighted by Gasteiger charge is 2.38. The molecule has 0 atom stereocenters. The number of nitrogens with zero attached hydrogens (tertiary/aromatic N) is 1. The number of ether oxygens (including phenoxy) is 1. The smallest absolute Gasteiger partial charge is 0.418 e. The number of alkyl halides is 3. The number of esters is 1. The van der Waals surface area contributed by atoms with Crippen LogP contribution >= 0.6 is 11.6 Å². The molecule has 0 aliphatic rings. The maximum absolute atomic E-state index is 14.1. The standard InChI is InChI=1S/C26H23ClF3NO3/c1-3-31(25(33)19-12-8-5-9-13-19)15-21-20(18-10-6-4-7-11-18)14-23(27)24(26(28,29)30)22(21)16-34-17(2)32/h4-14H,3,15-16H2,1-2H3. The van der Waals surface area contributed by atoms with Crippen molar-refractivity contribution in [3.05, 3.63) is 94.0 Å². The van der Waals surface area contributed by atoms with Gasteiger partial charge in [-0.05, 0) is 41.8 Å². The first-order valence-corrected chi connectivity index (χ1v) is 11.0. The van der Waals surface area contributed by atoms with Gasteiger partial charge in [-0.3, -0.25) is 9.59 Å². The van der Waals surface area contributed by atoms with E-state index in [0.29, 0.717) is 16.7 Å². The summed E-state index contributed by atoms with van der Waals surface area (Å²) >= 11 is 6.14. The van der Waals surface area contributed by atoms with Crippen molar-refractivity contribution < 1.29 is 27.5 Å². The van der Waals surface area contributed by atoms with E-state index in [-0.39, 0.29) is 30.1 Å². The van der Waals surface area contributed by atoms with Crippen molar-refractivity contribution in [1.29, 1.82) is 0 Å². The van der Waals surface area contributed by atoms with Gasteiger partial charge in [0.15, 0.2) is 0 Å². The minimum atomic E-state index is -4.79. The third-order valence-electron chi connectivity index (χ3n) is 5.33. The van der Waals surface area contributed by atoms with Crippen LogP contribution in [0.4, 0.5) is 13.2 Å². The van der Waals surface area contributed by atoms with Gasteiger partial charge in [-0.1, -0.05) is 60.1 Å². The zero-order chi connectivity index (χ0) is 24.9. The van der Waals surface area contributed by atoms with E-state index in [2.05, 4.69) is 0 Å². The van der Waals surface area contributed by atoms with Gasteiger partial charge >= 0.3 is 12.1 Å². The molecule has 3 aromatic carbocycles. The fourth-order valence-electron chi connectivity index (χ4n) is 3.72. The highest BCUT2D eigenvalue weighted by Crippen LogP contribution is 2.43. The Morgan fingerprint density at radius 2 is 1.56 bits per heavy atom. The zero-order valence-corrected chi connectivity index (χ0v) is 19.4. The lowest BCUT2D eigenvalue weighted by Crippen LogP contribution is -2.31. The summed E-state index contributed by atoms with van der Waals surface area (Å²) in [6.07, 6.45) is -4.79. The number of amides is 1. The van der Waals surface area contributed by atoms with E-state index in [1.807, 2.05) is 0 Å². The van der Waals surface area contributed by atoms with E-state index in [4.69, 9.17) is 16.3 Å². The van der Waals surface area contributed by atoms with Crippen LogP contribution < -0.4 is 0 Å². The SMILES string of the molecule is CCN(Cc1c(-c2ccccc2)cc(Cl)c(C(F)(F)F)c1COC(C)=O)C(=O)c1ccccc1. The molecule has 0 spiro atoms. The van der Waals surface area contributed by atoms with Gasteiger partial charge < -0.3 is 9.64 Å². The number of halogens is 4. The van der Waals surface area contributed by atoms with Crippen LogP contribution in [0, 0.1) is 0 Å². The van der Waals surface area contributed by atoms with E-state index < -0.39 is 29.3 Å². The Labute approximate surface area is 200 Å². The van der Waals surface area contributed by atoms with Gasteiger partial charge in [0.1, 0.15) is 6.61 Å². The van der Waals surface area contributed by atoms with Crippen molar-refractivity contribution in [1.82, 2.24) is 4.90 Å². The molecular weight excluding hydrogens is 467 g/mol. The van der Waals surface area contributed by atoms with Crippen molar-refractivity contribution >= 4 is 23.5 Å². The summed E-state index contributed by atoms with van der Waals surface area (Å²) in [4.78, 5) is 26.1. The fourth-order valence-corrected chi connectivity index (χ4v) is 4.05. The molecule has 4 nitrogen and oxygen atoms in total. The molecule has 0 saturated heterocycles. The van der Waals surface area contributed by atoms with Gasteiger partial charge in [0.2, 0.25) is 0 Å². The monoisotopic (exact) mass is 489 g/mol. The number of rotatable bonds is 7. The van der Waals surface area contributed by atoms with Gasteiger partial charge in [0.05, 0.1) is 10.6 Å². The molecule has 0 unspecified atom stereocenters. The third kappa shape index (κ3) is 5.78. The largest absolute Gasteiger partial charge is 0.461 e. The second-order valence-corrected chi connectivity index (χ2v) is 7.97. The van der Waals surface area contributed by atoms with Crippen molar-refractivity contribution in [2.75, 3.05) is 6.54 Å². The molecule has 3 rings (SSSR count). The van der Waals surface area contributed by atoms with Gasteiger partial charge in [0.25, 0.3) is 5.91 Å². The minimum absolute atomic E-state index is 0.134. The minimum Gasteiger partial charge on any atom is -0.461 e. The lowest BCUT2D eigenvalue weighted by Gasteiger charge is -2.27. The molecule has 0 aromatic heterocycles. The van der Waals surface area contributed by atoms with Crippen LogP contribution in [0.1, 0.15) is 40.9 Å². The molecule has 34 heavy (non-hydrogen) atoms. The first-order chi connectivity index (χ1) is 16.1. The van der Waals surface area contributed by atoms with Crippen LogP contribution in [-0.4, -0.2) is 23.3 Å². The van der Waals surface area contributed by atoms with E-state index in [1.54, 1.807) is 67.6 Å². The van der Waals surface area contributed by atoms with Crippen LogP contribution in [0.2, 0.25) is 5.02 Å². The molecule has 0 N–H and O–H groups in total. The summed E-state index contributed by atoms with van der Waals surface area (Å²) in [6, 6.07) is 18.5. The van der Waals surface area contributed by atoms with Gasteiger partial charge in [-0.25, -0.2) is 0 Å². The molecule has 1 amide bonds. The van der Waals surface area contributed by atoms with E-state index >= 15 is 0 Å². The molecule has 8 heteroatoms. The predicted octanol–water partition coefficient (Wildman–Crippen LogP) is 6.75. The van der Waals surface area contributed by atoms with Crippen molar-refractivity contribution in [3.63, 3.8) is 0 Å². The van der Waals surface area contributed by atoms with Gasteiger partial charge in [0, 0.05) is 31.1 Å². The Bertz CT molecular complexity index is 1170. The van der Waals surface area contributed by atoms with Crippen LogP contribution in [0.25, 0.3) is 11.1 Å². The number of carbonyl (C=O) groups excluding carboxylic acids is 2. The number of hydrogen-bond acceptors (Lipinski definition) is 3. The Morgan fingerprint density at radius 3 is 2.09 bits per heavy atom. The summed E-state index contributed by atoms with van der Waals surface area (Å²) < 4.78 is 47.3. The predicted molar refractivity (Wildman–Crippen MR) is 124 cm³/mol. The fraction of sp³-hybridized carbons (Fsp3) is 0.231. The molecular formula is C26H23ClF3NO3. The highest BCUT2D eigenvalue weighted by molar-refractivity contribution is 6.32. The highest BCUT2D eigenvalue weighted by atomic mass is 35.5. The Balaban J connectivity index is 2.24. The molecule has 0 saturated carbocycles. The number of benzene rings is 3. The van der Waals surface area contributed by atoms with Crippen molar-refractivity contribution in [2.24, 2.45) is 0 Å². The normalized spacial score (nSPS) is 11.2. The van der Waals surface area contributed by atoms with Crippen LogP contribution in [-0.2, 0) is 28.9 Å². The first kappa shape index (κ1) is 25.3. The topological polar surface area (TPSA) is 46.6 Å². The summed E-state index contributed by atoms with van der Waals surface area (Å²) in [5.41, 5.74) is 0.342. The Hall–Kier alpha value is -3.32. The van der Waals surface area contributed by atoms with Gasteiger partial charge in [-0.15, -0.1) is 0 Å². The van der Waals surface area contributed by atoms with E-state index in [0.717, 1.165) is 6.92 Å². The van der Waals surface area contributed by atoms with E-state index in [1.165, 1.54) is 11.0 Å². The third-order valence-corrected chi connectivity index (χ3v) is 5.63. The van der Waals surface area contributed by atoms with E-state index in [9.17, 15) is 22.8 Å². The quantitative estimate of drug-likeness (QED) is 0.345.